The lowest BCUT2D eigenvalue weighted by molar-refractivity contribution is 0.559. The predicted molar refractivity (Wildman–Crippen MR) is 86.7 cm³/mol. The lowest BCUT2D eigenvalue weighted by Gasteiger charge is -2.30. The second kappa shape index (κ2) is 6.28. The molecular formula is C9H7N5OS4. The van der Waals surface area contributed by atoms with Crippen LogP contribution in [0.2, 0.25) is 0 Å². The minimum atomic E-state index is 0.171. The number of thiol groups is 2. The molecule has 0 saturated carbocycles. The molecule has 2 aromatic rings. The summed E-state index contributed by atoms with van der Waals surface area (Å²) in [5, 5.41) is 2.77. The molecule has 0 spiro atoms. The molecule has 0 aromatic carbocycles. The fraction of sp³-hybridized carbons (Fsp3) is 0. The van der Waals surface area contributed by atoms with E-state index in [0.717, 1.165) is 0 Å². The van der Waals surface area contributed by atoms with Crippen LogP contribution in [0.25, 0.3) is 0 Å². The highest BCUT2D eigenvalue weighted by Crippen LogP contribution is 2.22. The Morgan fingerprint density at radius 2 is 1.79 bits per heavy atom. The summed E-state index contributed by atoms with van der Waals surface area (Å²) >= 11 is 18.4. The minimum Gasteiger partial charge on any atom is -0.431 e. The topological polar surface area (TPSA) is 58.3 Å². The van der Waals surface area contributed by atoms with Crippen LogP contribution in [0.5, 0.6) is 0 Å². The number of thiocarbonyl (C=S) groups is 2. The van der Waals surface area contributed by atoms with E-state index >= 15 is 0 Å². The van der Waals surface area contributed by atoms with Gasteiger partial charge in [0, 0.05) is 12.4 Å². The summed E-state index contributed by atoms with van der Waals surface area (Å²) in [7, 11) is 0. The Labute approximate surface area is 130 Å². The number of hydrogen-bond donors (Lipinski definition) is 2. The van der Waals surface area contributed by atoms with Gasteiger partial charge in [-0.05, 0) is 0 Å². The zero-order chi connectivity index (χ0) is 13.8. The fourth-order valence-corrected chi connectivity index (χ4v) is 1.96. The van der Waals surface area contributed by atoms with Crippen LogP contribution in [0.4, 0.5) is 11.8 Å². The zero-order valence-corrected chi connectivity index (χ0v) is 12.7. The Morgan fingerprint density at radius 1 is 1.05 bits per heavy atom. The van der Waals surface area contributed by atoms with Gasteiger partial charge in [-0.25, -0.2) is 15.0 Å². The van der Waals surface area contributed by atoms with E-state index in [-0.39, 0.29) is 14.7 Å². The third-order valence-electron chi connectivity index (χ3n) is 1.93. The standard InChI is InChI=1S/C9H7N5OS4/c16-8(17)13(6-5-10-1-2-11-6)14(9(18)19)7-12-3-4-15-7/h1-5H,(H,16,17)(H,18,19). The average Bonchev–Trinajstić information content (AvgIpc) is 2.89. The van der Waals surface area contributed by atoms with Crippen molar-refractivity contribution >= 4 is 70.2 Å². The molecule has 0 aliphatic carbocycles. The molecule has 2 heterocycles. The van der Waals surface area contributed by atoms with E-state index in [1.807, 2.05) is 0 Å². The van der Waals surface area contributed by atoms with Crippen LogP contribution >= 0.6 is 49.7 Å². The van der Waals surface area contributed by atoms with Gasteiger partial charge in [0.05, 0.1) is 12.4 Å². The van der Waals surface area contributed by atoms with E-state index in [4.69, 9.17) is 28.9 Å². The van der Waals surface area contributed by atoms with Crippen molar-refractivity contribution in [3.63, 3.8) is 0 Å². The summed E-state index contributed by atoms with van der Waals surface area (Å²) in [6, 6.07) is 0.196. The number of hydrogen-bond acceptors (Lipinski definition) is 6. The Balaban J connectivity index is 2.48. The molecule has 0 aliphatic rings. The monoisotopic (exact) mass is 329 g/mol. The van der Waals surface area contributed by atoms with Crippen LogP contribution in [0.1, 0.15) is 0 Å². The fourth-order valence-electron chi connectivity index (χ4n) is 1.26. The van der Waals surface area contributed by atoms with Gasteiger partial charge in [0.25, 0.3) is 0 Å². The van der Waals surface area contributed by atoms with Gasteiger partial charge < -0.3 is 4.42 Å². The maximum absolute atomic E-state index is 5.20. The van der Waals surface area contributed by atoms with Gasteiger partial charge >= 0.3 is 6.01 Å². The summed E-state index contributed by atoms with van der Waals surface area (Å²) < 4.78 is 5.57. The molecule has 2 aromatic heterocycles. The SMILES string of the molecule is S=C(S)N(c1cnccn1)N(C(=S)S)c1ncco1. The van der Waals surface area contributed by atoms with E-state index in [0.29, 0.717) is 5.82 Å². The Bertz CT molecular complexity index is 576. The van der Waals surface area contributed by atoms with Crippen LogP contribution < -0.4 is 10.0 Å². The number of hydrazine groups is 1. The average molecular weight is 329 g/mol. The van der Waals surface area contributed by atoms with Crippen molar-refractivity contribution in [3.8, 4) is 0 Å². The highest BCUT2D eigenvalue weighted by molar-refractivity contribution is 8.12. The molecule has 0 unspecified atom stereocenters. The first kappa shape index (κ1) is 14.2. The Hall–Kier alpha value is -1.23. The summed E-state index contributed by atoms with van der Waals surface area (Å²) in [6.07, 6.45) is 7.45. The summed E-state index contributed by atoms with van der Waals surface area (Å²) in [5.41, 5.74) is 0. The minimum absolute atomic E-state index is 0.171. The molecule has 0 fully saturated rings. The first-order chi connectivity index (χ1) is 9.11. The molecule has 0 amide bonds. The Morgan fingerprint density at radius 3 is 2.26 bits per heavy atom. The lowest BCUT2D eigenvalue weighted by Crippen LogP contribution is -2.47. The first-order valence-corrected chi connectivity index (χ1v) is 6.54. The predicted octanol–water partition coefficient (Wildman–Crippen LogP) is 2.12. The molecule has 0 aliphatic heterocycles. The third-order valence-corrected chi connectivity index (χ3v) is 2.65. The van der Waals surface area contributed by atoms with Crippen molar-refractivity contribution in [2.75, 3.05) is 10.0 Å². The van der Waals surface area contributed by atoms with Gasteiger partial charge in [0.15, 0.2) is 14.5 Å². The maximum atomic E-state index is 5.20. The van der Waals surface area contributed by atoms with E-state index < -0.39 is 0 Å². The van der Waals surface area contributed by atoms with Crippen LogP contribution in [-0.2, 0) is 0 Å². The largest absolute Gasteiger partial charge is 0.431 e. The van der Waals surface area contributed by atoms with E-state index in [9.17, 15) is 0 Å². The van der Waals surface area contributed by atoms with Gasteiger partial charge in [0.2, 0.25) is 0 Å². The van der Waals surface area contributed by atoms with Crippen molar-refractivity contribution in [1.82, 2.24) is 15.0 Å². The van der Waals surface area contributed by atoms with Crippen LogP contribution in [0.3, 0.4) is 0 Å². The number of anilines is 2. The quantitative estimate of drug-likeness (QED) is 0.494. The number of oxazole rings is 1. The molecule has 0 atom stereocenters. The van der Waals surface area contributed by atoms with Gasteiger partial charge in [-0.15, -0.1) is 25.3 Å². The molecule has 0 N–H and O–H groups in total. The molecule has 0 bridgehead atoms. The van der Waals surface area contributed by atoms with Gasteiger partial charge in [0.1, 0.15) is 6.26 Å². The smallest absolute Gasteiger partial charge is 0.323 e. The molecule has 0 radical (unpaired) electrons. The van der Waals surface area contributed by atoms with Crippen molar-refractivity contribution in [2.45, 2.75) is 0 Å². The summed E-state index contributed by atoms with van der Waals surface area (Å²) in [6.45, 7) is 0. The highest BCUT2D eigenvalue weighted by Gasteiger charge is 2.26. The molecule has 98 valence electrons. The van der Waals surface area contributed by atoms with Crippen LogP contribution in [0.15, 0.2) is 35.5 Å². The number of rotatable bonds is 2. The second-order valence-corrected chi connectivity index (χ2v) is 5.29. The van der Waals surface area contributed by atoms with Gasteiger partial charge in [-0.3, -0.25) is 4.98 Å². The van der Waals surface area contributed by atoms with Crippen molar-refractivity contribution in [3.05, 3.63) is 31.1 Å². The molecular weight excluding hydrogens is 322 g/mol. The van der Waals surface area contributed by atoms with Crippen molar-refractivity contribution in [1.29, 1.82) is 0 Å². The maximum Gasteiger partial charge on any atom is 0.323 e. The van der Waals surface area contributed by atoms with E-state index in [2.05, 4.69) is 40.2 Å². The molecule has 6 nitrogen and oxygen atoms in total. The highest BCUT2D eigenvalue weighted by atomic mass is 32.1. The zero-order valence-electron chi connectivity index (χ0n) is 9.24. The number of nitrogens with zero attached hydrogens (tertiary/aromatic N) is 5. The van der Waals surface area contributed by atoms with Crippen LogP contribution in [-0.4, -0.2) is 23.6 Å². The summed E-state index contributed by atoms with van der Waals surface area (Å²) in [5.74, 6) is 0.414. The molecule has 19 heavy (non-hydrogen) atoms. The van der Waals surface area contributed by atoms with Crippen molar-refractivity contribution in [2.24, 2.45) is 0 Å². The molecule has 2 rings (SSSR count). The third kappa shape index (κ3) is 3.21. The number of aromatic nitrogens is 3. The van der Waals surface area contributed by atoms with Crippen molar-refractivity contribution < 1.29 is 4.42 Å². The van der Waals surface area contributed by atoms with E-state index in [1.54, 1.807) is 0 Å². The first-order valence-electron chi connectivity index (χ1n) is 4.83. The van der Waals surface area contributed by atoms with E-state index in [1.165, 1.54) is 41.1 Å². The van der Waals surface area contributed by atoms with Gasteiger partial charge in [-0.1, -0.05) is 24.4 Å². The second-order valence-electron chi connectivity index (χ2n) is 3.07. The lowest BCUT2D eigenvalue weighted by atomic mass is 10.6. The summed E-state index contributed by atoms with van der Waals surface area (Å²) in [4.78, 5) is 12.1. The van der Waals surface area contributed by atoms with Gasteiger partial charge in [-0.2, -0.15) is 5.01 Å². The molecule has 0 saturated heterocycles. The van der Waals surface area contributed by atoms with Crippen LogP contribution in [0, 0.1) is 0 Å². The normalized spacial score (nSPS) is 10.0. The Kier molecular flexibility index (Phi) is 4.69. The molecule has 10 heteroatoms.